The number of hydrogen-bond donors (Lipinski definition) is 3. The van der Waals surface area contributed by atoms with Crippen LogP contribution in [0.5, 0.6) is 0 Å². The van der Waals surface area contributed by atoms with Crippen molar-refractivity contribution in [3.8, 4) is 0 Å². The van der Waals surface area contributed by atoms with Crippen molar-refractivity contribution in [1.29, 1.82) is 0 Å². The number of aromatic amines is 1. The van der Waals surface area contributed by atoms with Crippen molar-refractivity contribution in [1.82, 2.24) is 15.3 Å². The molecule has 0 saturated carbocycles. The molecule has 0 aliphatic rings. The summed E-state index contributed by atoms with van der Waals surface area (Å²) in [6.07, 6.45) is 0.886. The summed E-state index contributed by atoms with van der Waals surface area (Å²) in [5.74, 6) is 0.245. The number of imidazole rings is 1. The fourth-order valence-electron chi connectivity index (χ4n) is 2.48. The lowest BCUT2D eigenvalue weighted by Gasteiger charge is -2.06. The van der Waals surface area contributed by atoms with Gasteiger partial charge in [0.1, 0.15) is 5.82 Å². The molecule has 6 nitrogen and oxygen atoms in total. The predicted octanol–water partition coefficient (Wildman–Crippen LogP) is 1.91. The Morgan fingerprint density at radius 1 is 1.12 bits per heavy atom. The van der Waals surface area contributed by atoms with Crippen LogP contribution in [0, 0.1) is 0 Å². The van der Waals surface area contributed by atoms with Crippen LogP contribution in [0.15, 0.2) is 48.5 Å². The molecule has 0 aliphatic heterocycles. The van der Waals surface area contributed by atoms with E-state index in [4.69, 9.17) is 5.73 Å². The van der Waals surface area contributed by atoms with Gasteiger partial charge in [0, 0.05) is 24.9 Å². The Hall–Kier alpha value is -3.15. The molecule has 122 valence electrons. The van der Waals surface area contributed by atoms with Gasteiger partial charge in [0.25, 0.3) is 0 Å². The highest BCUT2D eigenvalue weighted by Gasteiger charge is 2.07. The zero-order chi connectivity index (χ0) is 16.9. The number of rotatable bonds is 6. The van der Waals surface area contributed by atoms with Gasteiger partial charge in [-0.3, -0.25) is 9.59 Å². The van der Waals surface area contributed by atoms with Crippen LogP contribution in [-0.4, -0.2) is 21.8 Å². The molecule has 0 radical (unpaired) electrons. The van der Waals surface area contributed by atoms with E-state index in [-0.39, 0.29) is 5.91 Å². The minimum atomic E-state index is -0.479. The largest absolute Gasteiger partial charge is 0.366 e. The summed E-state index contributed by atoms with van der Waals surface area (Å²) in [7, 11) is 0. The molecule has 0 bridgehead atoms. The standard InChI is InChI=1S/C18H18N4O2/c19-18(24)13-5-3-4-12(10-13)11-20-17(23)9-8-16-21-14-6-1-2-7-15(14)22-16/h1-7,10H,8-9,11H2,(H2,19,24)(H,20,23)(H,21,22). The van der Waals surface area contributed by atoms with Crippen molar-refractivity contribution in [2.24, 2.45) is 5.73 Å². The van der Waals surface area contributed by atoms with Crippen molar-refractivity contribution in [3.05, 3.63) is 65.5 Å². The molecule has 1 heterocycles. The lowest BCUT2D eigenvalue weighted by Crippen LogP contribution is -2.23. The van der Waals surface area contributed by atoms with Crippen molar-refractivity contribution < 1.29 is 9.59 Å². The summed E-state index contributed by atoms with van der Waals surface area (Å²) in [6, 6.07) is 14.7. The van der Waals surface area contributed by atoms with Crippen LogP contribution >= 0.6 is 0 Å². The van der Waals surface area contributed by atoms with Gasteiger partial charge in [-0.15, -0.1) is 0 Å². The van der Waals surface area contributed by atoms with Crippen LogP contribution in [0.4, 0.5) is 0 Å². The molecule has 3 rings (SSSR count). The normalized spacial score (nSPS) is 10.7. The van der Waals surface area contributed by atoms with Crippen molar-refractivity contribution in [3.63, 3.8) is 0 Å². The first-order valence-electron chi connectivity index (χ1n) is 7.71. The molecule has 0 saturated heterocycles. The van der Waals surface area contributed by atoms with Crippen LogP contribution in [0.1, 0.15) is 28.2 Å². The Morgan fingerprint density at radius 2 is 1.96 bits per heavy atom. The number of carbonyl (C=O) groups is 2. The quantitative estimate of drug-likeness (QED) is 0.646. The van der Waals surface area contributed by atoms with Crippen LogP contribution in [0.2, 0.25) is 0 Å². The van der Waals surface area contributed by atoms with E-state index >= 15 is 0 Å². The highest BCUT2D eigenvalue weighted by atomic mass is 16.1. The van der Waals surface area contributed by atoms with Crippen LogP contribution < -0.4 is 11.1 Å². The van der Waals surface area contributed by atoms with Crippen molar-refractivity contribution >= 4 is 22.8 Å². The number of carbonyl (C=O) groups excluding carboxylic acids is 2. The smallest absolute Gasteiger partial charge is 0.248 e. The number of nitrogens with two attached hydrogens (primary N) is 1. The van der Waals surface area contributed by atoms with E-state index in [0.29, 0.717) is 24.9 Å². The Labute approximate surface area is 139 Å². The monoisotopic (exact) mass is 322 g/mol. The first-order chi connectivity index (χ1) is 11.6. The van der Waals surface area contributed by atoms with Gasteiger partial charge in [-0.05, 0) is 29.8 Å². The number of nitrogens with one attached hydrogen (secondary N) is 2. The summed E-state index contributed by atoms with van der Waals surface area (Å²) >= 11 is 0. The average Bonchev–Trinajstić information content (AvgIpc) is 3.01. The van der Waals surface area contributed by atoms with Gasteiger partial charge in [0.05, 0.1) is 11.0 Å². The first kappa shape index (κ1) is 15.7. The molecule has 1 aromatic heterocycles. The maximum Gasteiger partial charge on any atom is 0.248 e. The molecule has 6 heteroatoms. The number of para-hydroxylation sites is 2. The Bertz CT molecular complexity index is 852. The molecule has 0 fully saturated rings. The minimum Gasteiger partial charge on any atom is -0.366 e. The van der Waals surface area contributed by atoms with Gasteiger partial charge < -0.3 is 16.0 Å². The molecule has 0 spiro atoms. The highest BCUT2D eigenvalue weighted by Crippen LogP contribution is 2.11. The second kappa shape index (κ2) is 6.95. The van der Waals surface area contributed by atoms with Crippen LogP contribution in [0.25, 0.3) is 11.0 Å². The summed E-state index contributed by atoms with van der Waals surface area (Å²) < 4.78 is 0. The first-order valence-corrected chi connectivity index (χ1v) is 7.71. The molecule has 4 N–H and O–H groups in total. The topological polar surface area (TPSA) is 101 Å². The highest BCUT2D eigenvalue weighted by molar-refractivity contribution is 5.92. The molecular formula is C18H18N4O2. The zero-order valence-corrected chi connectivity index (χ0v) is 13.1. The number of H-pyrrole nitrogens is 1. The third kappa shape index (κ3) is 3.78. The summed E-state index contributed by atoms with van der Waals surface area (Å²) in [6.45, 7) is 0.361. The van der Waals surface area contributed by atoms with Gasteiger partial charge in [-0.2, -0.15) is 0 Å². The molecule has 2 amide bonds. The fraction of sp³-hybridized carbons (Fsp3) is 0.167. The molecule has 2 aromatic carbocycles. The van der Waals surface area contributed by atoms with Gasteiger partial charge >= 0.3 is 0 Å². The second-order valence-corrected chi connectivity index (χ2v) is 5.54. The maximum atomic E-state index is 12.0. The van der Waals surface area contributed by atoms with Gasteiger partial charge in [-0.1, -0.05) is 24.3 Å². The maximum absolute atomic E-state index is 12.0. The average molecular weight is 322 g/mol. The number of nitrogens with zero attached hydrogens (tertiary/aromatic N) is 1. The number of amides is 2. The Balaban J connectivity index is 1.52. The lowest BCUT2D eigenvalue weighted by molar-refractivity contribution is -0.121. The van der Waals surface area contributed by atoms with E-state index in [1.54, 1.807) is 18.2 Å². The third-order valence-electron chi connectivity index (χ3n) is 3.73. The van der Waals surface area contributed by atoms with Gasteiger partial charge in [0.15, 0.2) is 0 Å². The molecular weight excluding hydrogens is 304 g/mol. The summed E-state index contributed by atoms with van der Waals surface area (Å²) in [5, 5.41) is 2.84. The predicted molar refractivity (Wildman–Crippen MR) is 91.2 cm³/mol. The molecule has 3 aromatic rings. The molecule has 0 unspecified atom stereocenters. The van der Waals surface area contributed by atoms with Gasteiger partial charge in [-0.25, -0.2) is 4.98 Å². The van der Waals surface area contributed by atoms with Gasteiger partial charge in [0.2, 0.25) is 11.8 Å². The van der Waals surface area contributed by atoms with E-state index in [1.807, 2.05) is 30.3 Å². The lowest BCUT2D eigenvalue weighted by atomic mass is 10.1. The second-order valence-electron chi connectivity index (χ2n) is 5.54. The van der Waals surface area contributed by atoms with E-state index in [2.05, 4.69) is 15.3 Å². The Morgan fingerprint density at radius 3 is 2.75 bits per heavy atom. The number of primary amides is 1. The third-order valence-corrected chi connectivity index (χ3v) is 3.73. The van der Waals surface area contributed by atoms with E-state index in [0.717, 1.165) is 22.4 Å². The number of fused-ring (bicyclic) bond motifs is 1. The minimum absolute atomic E-state index is 0.0695. The number of aryl methyl sites for hydroxylation is 1. The van der Waals surface area contributed by atoms with E-state index in [1.165, 1.54) is 0 Å². The van der Waals surface area contributed by atoms with Crippen molar-refractivity contribution in [2.75, 3.05) is 0 Å². The SMILES string of the molecule is NC(=O)c1cccc(CNC(=O)CCc2nc3ccccc3[nH]2)c1. The summed E-state index contributed by atoms with van der Waals surface area (Å²) in [4.78, 5) is 30.8. The van der Waals surface area contributed by atoms with Crippen LogP contribution in [0.3, 0.4) is 0 Å². The molecule has 0 aliphatic carbocycles. The van der Waals surface area contributed by atoms with E-state index < -0.39 is 5.91 Å². The number of benzene rings is 2. The molecule has 24 heavy (non-hydrogen) atoms. The van der Waals surface area contributed by atoms with Crippen molar-refractivity contribution in [2.45, 2.75) is 19.4 Å². The zero-order valence-electron chi connectivity index (χ0n) is 13.1. The summed E-state index contributed by atoms with van der Waals surface area (Å²) in [5.41, 5.74) is 8.38. The fourth-order valence-corrected chi connectivity index (χ4v) is 2.48. The Kier molecular flexibility index (Phi) is 4.56. The van der Waals surface area contributed by atoms with Crippen LogP contribution in [-0.2, 0) is 17.8 Å². The molecule has 0 atom stereocenters. The number of aromatic nitrogens is 2. The van der Waals surface area contributed by atoms with E-state index in [9.17, 15) is 9.59 Å². The number of hydrogen-bond acceptors (Lipinski definition) is 3.